The predicted molar refractivity (Wildman–Crippen MR) is 64.2 cm³/mol. The van der Waals surface area contributed by atoms with Crippen molar-refractivity contribution >= 4 is 46.8 Å². The molecule has 0 bridgehead atoms. The Hall–Kier alpha value is -0.988. The monoisotopic (exact) mass is 429 g/mol. The summed E-state index contributed by atoms with van der Waals surface area (Å²) in [6.07, 6.45) is -0.657. The summed E-state index contributed by atoms with van der Waals surface area (Å²) in [7, 11) is -15.5. The van der Waals surface area contributed by atoms with Crippen LogP contribution in [0.2, 0.25) is 0 Å². The Kier molecular flexibility index (Phi) is 31.2. The quantitative estimate of drug-likeness (QED) is 0.315. The van der Waals surface area contributed by atoms with Crippen LogP contribution in [-0.4, -0.2) is 67.7 Å². The van der Waals surface area contributed by atoms with Gasteiger partial charge >= 0.3 is 53.5 Å². The molecular weight excluding hydrogens is 420 g/mol. The van der Waals surface area contributed by atoms with Gasteiger partial charge in [-0.2, -0.15) is 13.2 Å². The molecule has 0 spiro atoms. The molecule has 160 valence electrons. The van der Waals surface area contributed by atoms with Gasteiger partial charge in [0.2, 0.25) is 0 Å². The summed E-state index contributed by atoms with van der Waals surface area (Å²) in [5.41, 5.74) is 0. The maximum absolute atomic E-state index is 9.75. The van der Waals surface area contributed by atoms with Gasteiger partial charge in [0.05, 0.1) is 14.2 Å². The summed E-state index contributed by atoms with van der Waals surface area (Å²) >= 11 is 0. The predicted octanol–water partition coefficient (Wildman–Crippen LogP) is 4.83. The molecule has 26 heavy (non-hydrogen) atoms. The Balaban J connectivity index is -0.0000000479. The van der Waals surface area contributed by atoms with Crippen LogP contribution in [0.3, 0.4) is 0 Å². The van der Waals surface area contributed by atoms with Crippen LogP contribution in [0.1, 0.15) is 0 Å². The number of alkyl halides is 3. The topological polar surface area (TPSA) is 35.5 Å². The van der Waals surface area contributed by atoms with E-state index in [1.807, 2.05) is 0 Å². The number of hydrogen-bond acceptors (Lipinski definition) is 3. The SMILES string of the molecule is COC(=O)OC.FC(F)F.F[B-](F)(F)F.F[B-](F)(F)F.F[B-](F)(F)F.[LiH]. The second-order valence-electron chi connectivity index (χ2n) is 2.39. The number of carbonyl (C=O) groups excluding carboxylic acids is 1. The molecule has 0 saturated carbocycles. The Labute approximate surface area is 148 Å². The minimum absolute atomic E-state index is 0. The van der Waals surface area contributed by atoms with Gasteiger partial charge in [-0.3, -0.25) is 0 Å². The van der Waals surface area contributed by atoms with E-state index < -0.39 is 34.6 Å². The second-order valence-corrected chi connectivity index (χ2v) is 2.39. The molecular formula is C4H8B3F15LiO3-3. The van der Waals surface area contributed by atoms with E-state index >= 15 is 0 Å². The molecule has 0 unspecified atom stereocenters. The summed E-state index contributed by atoms with van der Waals surface area (Å²) in [5.74, 6) is 0. The van der Waals surface area contributed by atoms with Crippen molar-refractivity contribution < 1.29 is 79.2 Å². The minimum atomic E-state index is -6.00. The van der Waals surface area contributed by atoms with Gasteiger partial charge in [-0.1, -0.05) is 0 Å². The summed E-state index contributed by atoms with van der Waals surface area (Å²) in [4.78, 5) is 9.74. The molecule has 0 saturated heterocycles. The zero-order valence-electron chi connectivity index (χ0n) is 11.7. The molecule has 0 aromatic carbocycles. The normalized spacial score (nSPS) is 9.92. The van der Waals surface area contributed by atoms with E-state index in [1.54, 1.807) is 0 Å². The number of methoxy groups -OCH3 is 2. The number of hydrogen-bond donors (Lipinski definition) is 0. The molecule has 0 aromatic rings. The van der Waals surface area contributed by atoms with Crippen molar-refractivity contribution in [3.63, 3.8) is 0 Å². The van der Waals surface area contributed by atoms with Crippen molar-refractivity contribution in [2.24, 2.45) is 0 Å². The Morgan fingerprint density at radius 2 is 0.692 bits per heavy atom. The van der Waals surface area contributed by atoms with E-state index in [9.17, 15) is 69.8 Å². The zero-order valence-corrected chi connectivity index (χ0v) is 11.7. The number of carbonyl (C=O) groups is 1. The first-order chi connectivity index (χ1) is 10.5. The number of halogens is 15. The summed E-state index contributed by atoms with van der Waals surface area (Å²) in [6.45, 7) is -3.67. The number of ether oxygens (including phenoxy) is 2. The first-order valence-electron chi connectivity index (χ1n) is 4.70. The molecule has 22 heteroatoms. The molecule has 3 nitrogen and oxygen atoms in total. The molecule has 0 atom stereocenters. The van der Waals surface area contributed by atoms with Gasteiger partial charge in [-0.05, 0) is 0 Å². The van der Waals surface area contributed by atoms with Crippen molar-refractivity contribution in [2.45, 2.75) is 6.68 Å². The van der Waals surface area contributed by atoms with Crippen LogP contribution in [0.5, 0.6) is 0 Å². The van der Waals surface area contributed by atoms with E-state index in [0.29, 0.717) is 0 Å². The van der Waals surface area contributed by atoms with Crippen LogP contribution in [-0.2, 0) is 9.47 Å². The molecule has 0 N–H and O–H groups in total. The van der Waals surface area contributed by atoms with Gasteiger partial charge in [-0.25, -0.2) is 4.79 Å². The molecule has 0 aliphatic carbocycles. The molecule has 0 aliphatic heterocycles. The van der Waals surface area contributed by atoms with E-state index in [1.165, 1.54) is 14.2 Å². The molecule has 0 aliphatic rings. The molecule has 0 fully saturated rings. The summed E-state index contributed by atoms with van der Waals surface area (Å²) in [5, 5.41) is 0. The third-order valence-electron chi connectivity index (χ3n) is 0.333. The van der Waals surface area contributed by atoms with Crippen LogP contribution < -0.4 is 0 Å². The van der Waals surface area contributed by atoms with Gasteiger partial charge in [-0.15, -0.1) is 0 Å². The van der Waals surface area contributed by atoms with Gasteiger partial charge in [0, 0.05) is 0 Å². The van der Waals surface area contributed by atoms with Gasteiger partial charge < -0.3 is 61.3 Å². The Morgan fingerprint density at radius 1 is 0.615 bits per heavy atom. The van der Waals surface area contributed by atoms with Crippen molar-refractivity contribution in [2.75, 3.05) is 14.2 Å². The van der Waals surface area contributed by atoms with Crippen LogP contribution in [0.4, 0.5) is 69.8 Å². The third-order valence-corrected chi connectivity index (χ3v) is 0.333. The van der Waals surface area contributed by atoms with Crippen molar-refractivity contribution in [1.29, 1.82) is 0 Å². The number of rotatable bonds is 0. The van der Waals surface area contributed by atoms with Crippen molar-refractivity contribution in [3.8, 4) is 0 Å². The van der Waals surface area contributed by atoms with Crippen LogP contribution in [0, 0.1) is 0 Å². The molecule has 0 rings (SSSR count). The van der Waals surface area contributed by atoms with Gasteiger partial charge in [0.1, 0.15) is 0 Å². The van der Waals surface area contributed by atoms with E-state index in [4.69, 9.17) is 0 Å². The van der Waals surface area contributed by atoms with E-state index in [-0.39, 0.29) is 18.9 Å². The average molecular weight is 428 g/mol. The van der Waals surface area contributed by atoms with Gasteiger partial charge in [0.25, 0.3) is 0 Å². The molecule has 0 aromatic heterocycles. The molecule has 0 amide bonds. The molecule has 0 heterocycles. The fraction of sp³-hybridized carbons (Fsp3) is 0.750. The van der Waals surface area contributed by atoms with Gasteiger partial charge in [0.15, 0.2) is 0 Å². The summed E-state index contributed by atoms with van der Waals surface area (Å²) in [6, 6.07) is 0. The van der Waals surface area contributed by atoms with E-state index in [2.05, 4.69) is 9.47 Å². The Bertz CT molecular complexity index is 238. The molecule has 0 radical (unpaired) electrons. The van der Waals surface area contributed by atoms with Crippen LogP contribution in [0.15, 0.2) is 0 Å². The van der Waals surface area contributed by atoms with Crippen molar-refractivity contribution in [1.82, 2.24) is 0 Å². The van der Waals surface area contributed by atoms with E-state index in [0.717, 1.165) is 0 Å². The van der Waals surface area contributed by atoms with Crippen LogP contribution >= 0.6 is 0 Å². The standard InChI is InChI=1S/C3H6O3.CHF3.3BF4.Li.H/c1-5-3(4)6-2;2-1(3)4;3*2-1(3,4)5;;/h1-2H3;1H;;;;;/q;;3*-1;;. The van der Waals surface area contributed by atoms with Crippen molar-refractivity contribution in [3.05, 3.63) is 0 Å². The fourth-order valence-corrected chi connectivity index (χ4v) is 0.0833. The Morgan fingerprint density at radius 3 is 0.692 bits per heavy atom. The third kappa shape index (κ3) is 1230. The average Bonchev–Trinajstić information content (AvgIpc) is 2.20. The first kappa shape index (κ1) is 39.9. The second kappa shape index (κ2) is 20.3. The zero-order chi connectivity index (χ0) is 22.1. The van der Waals surface area contributed by atoms with Crippen LogP contribution in [0.25, 0.3) is 0 Å². The maximum atomic E-state index is 9.75. The summed E-state index contributed by atoms with van der Waals surface area (Å²) < 4.78 is 154. The first-order valence-corrected chi connectivity index (χ1v) is 4.70. The fourth-order valence-electron chi connectivity index (χ4n) is 0.0833.